The number of amides is 3. The van der Waals surface area contributed by atoms with Crippen LogP contribution in [0.25, 0.3) is 0 Å². The molecule has 0 aliphatic carbocycles. The van der Waals surface area contributed by atoms with E-state index < -0.39 is 12.1 Å². The number of piperazine rings is 1. The van der Waals surface area contributed by atoms with Crippen molar-refractivity contribution in [3.8, 4) is 5.75 Å². The number of ether oxygens (including phenoxy) is 4. The van der Waals surface area contributed by atoms with Crippen molar-refractivity contribution in [1.82, 2.24) is 20.4 Å². The summed E-state index contributed by atoms with van der Waals surface area (Å²) >= 11 is 0. The highest BCUT2D eigenvalue weighted by Gasteiger charge is 2.31. The Hall–Kier alpha value is -4.16. The predicted molar refractivity (Wildman–Crippen MR) is 149 cm³/mol. The van der Waals surface area contributed by atoms with Gasteiger partial charge < -0.3 is 34.5 Å². The van der Waals surface area contributed by atoms with Crippen LogP contribution in [0.1, 0.15) is 17.5 Å². The van der Waals surface area contributed by atoms with Crippen molar-refractivity contribution in [1.29, 1.82) is 0 Å². The molecule has 222 valence electrons. The molecular weight excluding hydrogens is 532 g/mol. The number of rotatable bonds is 14. The van der Waals surface area contributed by atoms with E-state index in [1.54, 1.807) is 12.0 Å². The highest BCUT2D eigenvalue weighted by atomic mass is 16.6. The van der Waals surface area contributed by atoms with Crippen LogP contribution < -0.4 is 15.4 Å². The monoisotopic (exact) mass is 570 g/mol. The maximum Gasteiger partial charge on any atom is 0.407 e. The van der Waals surface area contributed by atoms with E-state index in [2.05, 4.69) is 10.6 Å². The Kier molecular flexibility index (Phi) is 12.9. The van der Waals surface area contributed by atoms with Gasteiger partial charge in [0, 0.05) is 46.3 Å². The number of nitrogens with one attached hydrogen (secondary N) is 2. The van der Waals surface area contributed by atoms with Gasteiger partial charge in [0.25, 0.3) is 0 Å². The first-order valence-electron chi connectivity index (χ1n) is 13.4. The van der Waals surface area contributed by atoms with Gasteiger partial charge in [-0.2, -0.15) is 0 Å². The van der Waals surface area contributed by atoms with Crippen LogP contribution >= 0.6 is 0 Å². The minimum Gasteiger partial charge on any atom is -0.497 e. The molecule has 1 saturated heterocycles. The van der Waals surface area contributed by atoms with Gasteiger partial charge in [-0.3, -0.25) is 14.5 Å². The SMILES string of the molecule is COCC(=O)OCC1CN(C(=O)CCNC(=O)OCc2ccccc2)CCN1CC(=O)NCc1ccc(OC)cc1. The van der Waals surface area contributed by atoms with Crippen molar-refractivity contribution in [2.45, 2.75) is 25.6 Å². The standard InChI is InChI=1S/C29H38N4O8/c1-38-21-28(36)40-20-24-17-33(27(35)12-13-30-29(37)41-19-23-6-4-3-5-7-23)15-14-32(24)18-26(34)31-16-22-8-10-25(39-2)11-9-22/h3-11,24H,12-21H2,1-2H3,(H,30,37)(H,31,34). The molecule has 0 saturated carbocycles. The number of alkyl carbamates (subject to hydrolysis) is 1. The Morgan fingerprint density at radius 2 is 1.66 bits per heavy atom. The van der Waals surface area contributed by atoms with E-state index in [0.29, 0.717) is 19.6 Å². The molecule has 0 radical (unpaired) electrons. The van der Waals surface area contributed by atoms with Crippen LogP contribution in [0.2, 0.25) is 0 Å². The normalized spacial score (nSPS) is 15.1. The Bertz CT molecular complexity index is 1130. The zero-order chi connectivity index (χ0) is 29.5. The zero-order valence-electron chi connectivity index (χ0n) is 23.5. The molecule has 1 atom stereocenters. The largest absolute Gasteiger partial charge is 0.497 e. The van der Waals surface area contributed by atoms with E-state index in [1.165, 1.54) is 7.11 Å². The number of carbonyl (C=O) groups is 4. The summed E-state index contributed by atoms with van der Waals surface area (Å²) in [5.41, 5.74) is 1.79. The number of esters is 1. The lowest BCUT2D eigenvalue weighted by Crippen LogP contribution is -2.58. The molecular formula is C29H38N4O8. The van der Waals surface area contributed by atoms with Gasteiger partial charge in [-0.25, -0.2) is 9.59 Å². The molecule has 2 aromatic carbocycles. The number of nitrogens with zero attached hydrogens (tertiary/aromatic N) is 2. The molecule has 41 heavy (non-hydrogen) atoms. The molecule has 0 spiro atoms. The quantitative estimate of drug-likeness (QED) is 0.323. The highest BCUT2D eigenvalue weighted by Crippen LogP contribution is 2.13. The first kappa shape index (κ1) is 31.4. The van der Waals surface area contributed by atoms with Crippen LogP contribution in [0, 0.1) is 0 Å². The molecule has 1 unspecified atom stereocenters. The molecule has 0 bridgehead atoms. The number of benzene rings is 2. The molecule has 3 rings (SSSR count). The predicted octanol–water partition coefficient (Wildman–Crippen LogP) is 1.33. The van der Waals surface area contributed by atoms with Crippen LogP contribution in [-0.4, -0.2) is 99.9 Å². The van der Waals surface area contributed by atoms with E-state index in [-0.39, 0.29) is 63.7 Å². The van der Waals surface area contributed by atoms with Gasteiger partial charge in [0.1, 0.15) is 25.6 Å². The van der Waals surface area contributed by atoms with Gasteiger partial charge in [-0.05, 0) is 23.3 Å². The van der Waals surface area contributed by atoms with Gasteiger partial charge in [0.15, 0.2) is 0 Å². The van der Waals surface area contributed by atoms with E-state index in [4.69, 9.17) is 18.9 Å². The first-order chi connectivity index (χ1) is 19.9. The number of methoxy groups -OCH3 is 2. The van der Waals surface area contributed by atoms with Gasteiger partial charge >= 0.3 is 12.1 Å². The Labute approximate surface area is 239 Å². The van der Waals surface area contributed by atoms with Crippen molar-refractivity contribution >= 4 is 23.9 Å². The summed E-state index contributed by atoms with van der Waals surface area (Å²) in [6, 6.07) is 16.3. The third-order valence-corrected chi connectivity index (χ3v) is 6.47. The number of carbonyl (C=O) groups excluding carboxylic acids is 4. The molecule has 2 aromatic rings. The van der Waals surface area contributed by atoms with Crippen LogP contribution in [0.3, 0.4) is 0 Å². The summed E-state index contributed by atoms with van der Waals surface area (Å²) in [6.45, 7) is 1.59. The second-order valence-corrected chi connectivity index (χ2v) is 9.44. The Morgan fingerprint density at radius 3 is 2.37 bits per heavy atom. The fourth-order valence-electron chi connectivity index (χ4n) is 4.22. The fourth-order valence-corrected chi connectivity index (χ4v) is 4.22. The summed E-state index contributed by atoms with van der Waals surface area (Å²) in [7, 11) is 2.99. The average Bonchev–Trinajstić information content (AvgIpc) is 2.99. The summed E-state index contributed by atoms with van der Waals surface area (Å²) in [6.07, 6.45) is -0.519. The third kappa shape index (κ3) is 11.1. The molecule has 0 aromatic heterocycles. The van der Waals surface area contributed by atoms with Gasteiger partial charge in [-0.1, -0.05) is 42.5 Å². The third-order valence-electron chi connectivity index (χ3n) is 6.47. The maximum absolute atomic E-state index is 12.9. The molecule has 1 heterocycles. The van der Waals surface area contributed by atoms with Crippen molar-refractivity contribution in [2.24, 2.45) is 0 Å². The van der Waals surface area contributed by atoms with Crippen LogP contribution in [0.15, 0.2) is 54.6 Å². The fraction of sp³-hybridized carbons (Fsp3) is 0.448. The smallest absolute Gasteiger partial charge is 0.407 e. The first-order valence-corrected chi connectivity index (χ1v) is 13.4. The molecule has 2 N–H and O–H groups in total. The number of hydrogen-bond donors (Lipinski definition) is 2. The summed E-state index contributed by atoms with van der Waals surface area (Å²) in [5, 5.41) is 5.50. The lowest BCUT2D eigenvalue weighted by molar-refractivity contribution is -0.151. The lowest BCUT2D eigenvalue weighted by Gasteiger charge is -2.40. The molecule has 12 heteroatoms. The van der Waals surface area contributed by atoms with Crippen molar-refractivity contribution < 1.29 is 38.1 Å². The second kappa shape index (κ2) is 16.8. The summed E-state index contributed by atoms with van der Waals surface area (Å²) in [4.78, 5) is 53.0. The molecule has 1 aliphatic rings. The summed E-state index contributed by atoms with van der Waals surface area (Å²) < 4.78 is 20.5. The van der Waals surface area contributed by atoms with E-state index in [0.717, 1.165) is 16.9 Å². The minimum absolute atomic E-state index is 0.00178. The van der Waals surface area contributed by atoms with Crippen molar-refractivity contribution in [2.75, 3.05) is 60.2 Å². The van der Waals surface area contributed by atoms with Crippen LogP contribution in [0.5, 0.6) is 5.75 Å². The summed E-state index contributed by atoms with van der Waals surface area (Å²) in [5.74, 6) is -0.146. The minimum atomic E-state index is -0.602. The Morgan fingerprint density at radius 1 is 0.902 bits per heavy atom. The van der Waals surface area contributed by atoms with Gasteiger partial charge in [0.2, 0.25) is 11.8 Å². The van der Waals surface area contributed by atoms with E-state index in [1.807, 2.05) is 59.5 Å². The Balaban J connectivity index is 1.46. The van der Waals surface area contributed by atoms with Crippen LogP contribution in [0.4, 0.5) is 4.79 Å². The number of hydrogen-bond acceptors (Lipinski definition) is 9. The van der Waals surface area contributed by atoms with Gasteiger partial charge in [-0.15, -0.1) is 0 Å². The average molecular weight is 571 g/mol. The van der Waals surface area contributed by atoms with E-state index in [9.17, 15) is 19.2 Å². The highest BCUT2D eigenvalue weighted by molar-refractivity contribution is 5.79. The molecule has 1 fully saturated rings. The van der Waals surface area contributed by atoms with Crippen molar-refractivity contribution in [3.05, 3.63) is 65.7 Å². The molecule has 1 aliphatic heterocycles. The second-order valence-electron chi connectivity index (χ2n) is 9.44. The van der Waals surface area contributed by atoms with E-state index >= 15 is 0 Å². The molecule has 12 nitrogen and oxygen atoms in total. The topological polar surface area (TPSA) is 136 Å². The maximum atomic E-state index is 12.9. The van der Waals surface area contributed by atoms with Crippen LogP contribution in [-0.2, 0) is 41.7 Å². The van der Waals surface area contributed by atoms with Crippen molar-refractivity contribution in [3.63, 3.8) is 0 Å². The van der Waals surface area contributed by atoms with Gasteiger partial charge in [0.05, 0.1) is 19.7 Å². The lowest BCUT2D eigenvalue weighted by atomic mass is 10.1. The zero-order valence-corrected chi connectivity index (χ0v) is 23.5. The molecule has 3 amide bonds.